The Morgan fingerprint density at radius 2 is 2.11 bits per heavy atom. The molecule has 0 spiro atoms. The maximum Gasteiger partial charge on any atom is 0.408 e. The molecule has 0 rings (SSSR count). The van der Waals surface area contributed by atoms with E-state index in [9.17, 15) is 4.79 Å². The first kappa shape index (κ1) is 8.56. The number of hydrogen-bond donors (Lipinski definition) is 1. The maximum atomic E-state index is 10.4. The van der Waals surface area contributed by atoms with Crippen molar-refractivity contribution in [3.05, 3.63) is 0 Å². The third kappa shape index (κ3) is 5.43. The minimum absolute atomic E-state index is 0.519. The van der Waals surface area contributed by atoms with Crippen LogP contribution in [-0.2, 0) is 4.74 Å². The summed E-state index contributed by atoms with van der Waals surface area (Å²) in [6.07, 6.45) is -0.519. The van der Waals surface area contributed by atoms with Crippen LogP contribution in [0.15, 0.2) is 0 Å². The summed E-state index contributed by atoms with van der Waals surface area (Å²) in [5, 5.41) is 1.36. The zero-order valence-electron chi connectivity index (χ0n) is 5.69. The van der Waals surface area contributed by atoms with E-state index in [0.29, 0.717) is 0 Å². The van der Waals surface area contributed by atoms with Crippen molar-refractivity contribution in [3.8, 4) is 0 Å². The lowest BCUT2D eigenvalue weighted by molar-refractivity contribution is 0.0950. The zero-order valence-corrected chi connectivity index (χ0v) is 6.45. The van der Waals surface area contributed by atoms with Crippen LogP contribution in [0, 0.1) is 0 Å². The monoisotopic (exact) mass is 151 g/mol. The van der Waals surface area contributed by atoms with E-state index in [0.717, 1.165) is 0 Å². The molecule has 0 unspecified atom stereocenters. The number of ether oxygens (including phenoxy) is 1. The molecule has 0 heterocycles. The summed E-state index contributed by atoms with van der Waals surface area (Å²) < 4.78 is 4.60. The molecular formula is C5H10ClNO2. The van der Waals surface area contributed by atoms with E-state index >= 15 is 0 Å². The molecule has 0 aromatic heterocycles. The zero-order chi connectivity index (χ0) is 7.49. The Labute approximate surface area is 59.3 Å². The number of alkyl carbamates (subject to hydrolysis) is 1. The van der Waals surface area contributed by atoms with Crippen molar-refractivity contribution in [2.45, 2.75) is 18.9 Å². The topological polar surface area (TPSA) is 38.3 Å². The van der Waals surface area contributed by atoms with E-state index in [1.165, 1.54) is 7.05 Å². The Kier molecular flexibility index (Phi) is 2.77. The maximum absolute atomic E-state index is 10.4. The lowest BCUT2D eigenvalue weighted by atomic mass is 10.5. The van der Waals surface area contributed by atoms with Gasteiger partial charge in [-0.1, -0.05) is 11.6 Å². The number of carbonyl (C=O) groups is 1. The first-order chi connectivity index (χ1) is 3.95. The largest absolute Gasteiger partial charge is 0.428 e. The van der Waals surface area contributed by atoms with Crippen LogP contribution in [-0.4, -0.2) is 18.2 Å². The van der Waals surface area contributed by atoms with Crippen LogP contribution >= 0.6 is 11.6 Å². The lowest BCUT2D eigenvalue weighted by Crippen LogP contribution is -2.28. The number of hydrogen-bond acceptors (Lipinski definition) is 2. The second-order valence-electron chi connectivity index (χ2n) is 2.00. The average Bonchev–Trinajstić information content (AvgIpc) is 1.62. The van der Waals surface area contributed by atoms with Crippen molar-refractivity contribution < 1.29 is 9.53 Å². The van der Waals surface area contributed by atoms with Crippen molar-refractivity contribution in [1.82, 2.24) is 5.32 Å². The predicted molar refractivity (Wildman–Crippen MR) is 35.5 cm³/mol. The van der Waals surface area contributed by atoms with E-state index in [-0.39, 0.29) is 0 Å². The highest BCUT2D eigenvalue weighted by atomic mass is 35.5. The molecule has 0 saturated heterocycles. The van der Waals surface area contributed by atoms with E-state index < -0.39 is 11.2 Å². The van der Waals surface area contributed by atoms with Gasteiger partial charge in [-0.15, -0.1) is 0 Å². The predicted octanol–water partition coefficient (Wildman–Crippen LogP) is 1.32. The van der Waals surface area contributed by atoms with Gasteiger partial charge in [-0.2, -0.15) is 0 Å². The Balaban J connectivity index is 3.60. The fraction of sp³-hybridized carbons (Fsp3) is 0.800. The summed E-state index contributed by atoms with van der Waals surface area (Å²) in [6.45, 7) is 3.17. The third-order valence-electron chi connectivity index (χ3n) is 0.540. The van der Waals surface area contributed by atoms with Crippen LogP contribution in [0.4, 0.5) is 4.79 Å². The molecule has 0 bridgehead atoms. The third-order valence-corrected chi connectivity index (χ3v) is 0.617. The van der Waals surface area contributed by atoms with Crippen LogP contribution in [0.25, 0.3) is 0 Å². The summed E-state index contributed by atoms with van der Waals surface area (Å²) in [5.41, 5.74) is 0. The molecule has 1 amide bonds. The Bertz CT molecular complexity index is 108. The molecule has 3 nitrogen and oxygen atoms in total. The van der Waals surface area contributed by atoms with Crippen LogP contribution in [0.5, 0.6) is 0 Å². The molecule has 0 aromatic rings. The molecule has 1 N–H and O–H groups in total. The Hall–Kier alpha value is -0.440. The molecule has 0 saturated carbocycles. The van der Waals surface area contributed by atoms with Gasteiger partial charge in [0.15, 0.2) is 5.06 Å². The minimum atomic E-state index is -0.917. The van der Waals surface area contributed by atoms with Gasteiger partial charge in [0, 0.05) is 7.05 Å². The molecule has 4 heteroatoms. The standard InChI is InChI=1S/C5H10ClNO2/c1-5(2,6)9-4(8)7-3/h1-3H3,(H,7,8). The molecule has 0 fully saturated rings. The Morgan fingerprint density at radius 1 is 1.67 bits per heavy atom. The van der Waals surface area contributed by atoms with Crippen molar-refractivity contribution in [1.29, 1.82) is 0 Å². The van der Waals surface area contributed by atoms with Crippen molar-refractivity contribution in [3.63, 3.8) is 0 Å². The van der Waals surface area contributed by atoms with Gasteiger partial charge in [-0.05, 0) is 13.8 Å². The van der Waals surface area contributed by atoms with Gasteiger partial charge in [0.2, 0.25) is 0 Å². The quantitative estimate of drug-likeness (QED) is 0.574. The summed E-state index contributed by atoms with van der Waals surface area (Å²) in [7, 11) is 1.48. The van der Waals surface area contributed by atoms with Crippen LogP contribution < -0.4 is 5.32 Å². The lowest BCUT2D eigenvalue weighted by Gasteiger charge is -2.15. The minimum Gasteiger partial charge on any atom is -0.428 e. The fourth-order valence-electron chi connectivity index (χ4n) is 0.271. The van der Waals surface area contributed by atoms with Crippen LogP contribution in [0.3, 0.4) is 0 Å². The number of rotatable bonds is 1. The van der Waals surface area contributed by atoms with E-state index in [4.69, 9.17) is 11.6 Å². The number of halogens is 1. The first-order valence-electron chi connectivity index (χ1n) is 2.55. The van der Waals surface area contributed by atoms with Gasteiger partial charge < -0.3 is 10.1 Å². The second-order valence-corrected chi connectivity index (χ2v) is 2.91. The van der Waals surface area contributed by atoms with E-state index in [1.807, 2.05) is 0 Å². The molecule has 0 aliphatic carbocycles. The summed E-state index contributed by atoms with van der Waals surface area (Å²) in [5.74, 6) is 0. The number of amides is 1. The molecule has 0 aliphatic rings. The molecule has 54 valence electrons. The molecule has 0 atom stereocenters. The summed E-state index contributed by atoms with van der Waals surface area (Å²) in [6, 6.07) is 0. The van der Waals surface area contributed by atoms with Gasteiger partial charge in [0.25, 0.3) is 0 Å². The molecule has 0 aromatic carbocycles. The molecule has 0 radical (unpaired) electrons. The average molecular weight is 152 g/mol. The van der Waals surface area contributed by atoms with Crippen LogP contribution in [0.1, 0.15) is 13.8 Å². The fourth-order valence-corrected chi connectivity index (χ4v) is 0.342. The van der Waals surface area contributed by atoms with E-state index in [1.54, 1.807) is 13.8 Å². The summed E-state index contributed by atoms with van der Waals surface area (Å²) >= 11 is 5.52. The first-order valence-corrected chi connectivity index (χ1v) is 2.93. The molecule has 9 heavy (non-hydrogen) atoms. The number of alkyl halides is 1. The van der Waals surface area contributed by atoms with Gasteiger partial charge >= 0.3 is 6.09 Å². The highest BCUT2D eigenvalue weighted by Crippen LogP contribution is 2.13. The Morgan fingerprint density at radius 3 is 2.22 bits per heavy atom. The smallest absolute Gasteiger partial charge is 0.408 e. The number of carbonyl (C=O) groups excluding carboxylic acids is 1. The highest BCUT2D eigenvalue weighted by molar-refractivity contribution is 6.22. The van der Waals surface area contributed by atoms with Crippen LogP contribution in [0.2, 0.25) is 0 Å². The second kappa shape index (κ2) is 2.92. The van der Waals surface area contributed by atoms with Gasteiger partial charge in [-0.3, -0.25) is 0 Å². The van der Waals surface area contributed by atoms with Crippen molar-refractivity contribution in [2.24, 2.45) is 0 Å². The SMILES string of the molecule is CNC(=O)OC(C)(C)Cl. The number of nitrogens with one attached hydrogen (secondary N) is 1. The van der Waals surface area contributed by atoms with Crippen molar-refractivity contribution >= 4 is 17.7 Å². The van der Waals surface area contributed by atoms with Gasteiger partial charge in [0.1, 0.15) is 0 Å². The van der Waals surface area contributed by atoms with E-state index in [2.05, 4.69) is 10.1 Å². The normalized spacial score (nSPS) is 10.7. The molecular weight excluding hydrogens is 142 g/mol. The summed E-state index contributed by atoms with van der Waals surface area (Å²) in [4.78, 5) is 10.4. The highest BCUT2D eigenvalue weighted by Gasteiger charge is 2.17. The van der Waals surface area contributed by atoms with Crippen molar-refractivity contribution in [2.75, 3.05) is 7.05 Å². The van der Waals surface area contributed by atoms with Gasteiger partial charge in [0.05, 0.1) is 0 Å². The van der Waals surface area contributed by atoms with Gasteiger partial charge in [-0.25, -0.2) is 4.79 Å². The molecule has 0 aliphatic heterocycles.